The topological polar surface area (TPSA) is 63.6 Å². The van der Waals surface area contributed by atoms with Crippen molar-refractivity contribution in [3.63, 3.8) is 0 Å². The predicted octanol–water partition coefficient (Wildman–Crippen LogP) is 3.59. The molecule has 1 N–H and O–H groups in total. The number of amidine groups is 1. The molecule has 1 aliphatic rings. The van der Waals surface area contributed by atoms with Crippen LogP contribution in [0.2, 0.25) is 5.02 Å². The molecule has 0 amide bonds. The van der Waals surface area contributed by atoms with E-state index < -0.39 is 0 Å². The lowest BCUT2D eigenvalue weighted by molar-refractivity contribution is -0.136. The molecule has 2 aromatic rings. The van der Waals surface area contributed by atoms with E-state index in [1.54, 1.807) is 6.20 Å². The Morgan fingerprint density at radius 2 is 2.17 bits per heavy atom. The van der Waals surface area contributed by atoms with Gasteiger partial charge in [-0.15, -0.1) is 11.3 Å². The monoisotopic (exact) mass is 363 g/mol. The van der Waals surface area contributed by atoms with Gasteiger partial charge in [0.15, 0.2) is 10.8 Å². The summed E-state index contributed by atoms with van der Waals surface area (Å²) in [4.78, 5) is 19.8. The minimum Gasteiger partial charge on any atom is -0.466 e. The van der Waals surface area contributed by atoms with Gasteiger partial charge in [-0.05, 0) is 31.5 Å². The van der Waals surface area contributed by atoms with Crippen LogP contribution in [0.15, 0.2) is 52.1 Å². The lowest BCUT2D eigenvalue weighted by Gasteiger charge is -2.16. The Morgan fingerprint density at radius 1 is 1.38 bits per heavy atom. The third-order valence-corrected chi connectivity index (χ3v) is 4.22. The van der Waals surface area contributed by atoms with E-state index in [1.165, 1.54) is 24.0 Å². The molecule has 0 bridgehead atoms. The van der Waals surface area contributed by atoms with Gasteiger partial charge < -0.3 is 10.1 Å². The maximum Gasteiger partial charge on any atom is 0.337 e. The first kappa shape index (κ1) is 18.2. The predicted molar refractivity (Wildman–Crippen MR) is 97.6 cm³/mol. The zero-order valence-corrected chi connectivity index (χ0v) is 15.2. The first-order valence-corrected chi connectivity index (χ1v) is 8.48. The quantitative estimate of drug-likeness (QED) is 0.828. The molecule has 3 rings (SSSR count). The number of halogens is 1. The third kappa shape index (κ3) is 4.91. The number of carbonyl (C=O) groups is 1. The van der Waals surface area contributed by atoms with Crippen LogP contribution < -0.4 is 5.32 Å². The molecule has 0 saturated heterocycles. The van der Waals surface area contributed by atoms with Crippen LogP contribution in [-0.2, 0) is 9.53 Å². The number of hydrogen-bond acceptors (Lipinski definition) is 6. The molecule has 0 radical (unpaired) electrons. The second-order valence-electron chi connectivity index (χ2n) is 5.02. The Labute approximate surface area is 150 Å². The molecular formula is C17H18ClN3O2S. The molecule has 0 saturated carbocycles. The molecule has 0 aliphatic carbocycles. The van der Waals surface area contributed by atoms with Crippen molar-refractivity contribution in [2.24, 2.45) is 4.99 Å². The summed E-state index contributed by atoms with van der Waals surface area (Å²) in [6.07, 6.45) is 1.72. The summed E-state index contributed by atoms with van der Waals surface area (Å²) in [6, 6.07) is 7.76. The minimum absolute atomic E-state index is 0.334. The van der Waals surface area contributed by atoms with Crippen LogP contribution in [0, 0.1) is 6.92 Å². The molecule has 7 heteroatoms. The molecular weight excluding hydrogens is 346 g/mol. The average molecular weight is 364 g/mol. The van der Waals surface area contributed by atoms with E-state index in [1.807, 2.05) is 43.5 Å². The highest BCUT2D eigenvalue weighted by Crippen LogP contribution is 2.13. The van der Waals surface area contributed by atoms with Crippen molar-refractivity contribution in [1.29, 1.82) is 0 Å². The zero-order valence-electron chi connectivity index (χ0n) is 13.7. The number of aliphatic imine (C=N–C) groups is 1. The highest BCUT2D eigenvalue weighted by atomic mass is 35.5. The third-order valence-electron chi connectivity index (χ3n) is 3.20. The van der Waals surface area contributed by atoms with Gasteiger partial charge in [0.1, 0.15) is 0 Å². The van der Waals surface area contributed by atoms with Crippen molar-refractivity contribution in [2.45, 2.75) is 13.8 Å². The van der Waals surface area contributed by atoms with Gasteiger partial charge in [-0.1, -0.05) is 23.7 Å². The van der Waals surface area contributed by atoms with Crippen molar-refractivity contribution in [2.75, 3.05) is 13.7 Å². The Kier molecular flexibility index (Phi) is 6.52. The summed E-state index contributed by atoms with van der Waals surface area (Å²) in [5.41, 5.74) is 2.53. The fourth-order valence-corrected chi connectivity index (χ4v) is 2.82. The highest BCUT2D eigenvalue weighted by molar-refractivity contribution is 7.11. The van der Waals surface area contributed by atoms with Gasteiger partial charge in [0.05, 0.1) is 19.2 Å². The average Bonchev–Trinajstić information content (AvgIpc) is 3.09. The molecule has 0 unspecified atom stereocenters. The second kappa shape index (κ2) is 8.61. The van der Waals surface area contributed by atoms with E-state index in [0.717, 1.165) is 15.7 Å². The number of rotatable bonds is 2. The largest absolute Gasteiger partial charge is 0.466 e. The van der Waals surface area contributed by atoms with E-state index in [0.29, 0.717) is 18.0 Å². The van der Waals surface area contributed by atoms with E-state index >= 15 is 0 Å². The lowest BCUT2D eigenvalue weighted by Crippen LogP contribution is -2.30. The molecule has 2 heterocycles. The summed E-state index contributed by atoms with van der Waals surface area (Å²) in [5, 5.41) is 6.58. The lowest BCUT2D eigenvalue weighted by atomic mass is 10.2. The Morgan fingerprint density at radius 3 is 2.67 bits per heavy atom. The standard InChI is InChI=1S/C10H11N3O2S.C7H7Cl/c1-6-7(10(14)15-2)5-12-8(13-6)9-11-3-4-16-9;1-6-3-2-4-7(8)5-6/h3-4H,5H2,1-2H3,(H,12,13);2-5H,1H3. The van der Waals surface area contributed by atoms with Gasteiger partial charge in [0.2, 0.25) is 0 Å². The Hall–Kier alpha value is -2.18. The Balaban J connectivity index is 0.000000219. The van der Waals surface area contributed by atoms with Crippen LogP contribution in [-0.4, -0.2) is 30.4 Å². The van der Waals surface area contributed by atoms with Crippen LogP contribution in [0.1, 0.15) is 17.5 Å². The fourth-order valence-electron chi connectivity index (χ4n) is 1.98. The number of nitrogens with zero attached hydrogens (tertiary/aromatic N) is 2. The summed E-state index contributed by atoms with van der Waals surface area (Å²) in [7, 11) is 1.36. The molecule has 24 heavy (non-hydrogen) atoms. The highest BCUT2D eigenvalue weighted by Gasteiger charge is 2.20. The molecule has 0 fully saturated rings. The SMILES string of the molecule is COC(=O)C1=C(C)NC(c2nccs2)=NC1.Cc1cccc(Cl)c1. The van der Waals surface area contributed by atoms with Crippen molar-refractivity contribution in [1.82, 2.24) is 10.3 Å². The molecule has 0 spiro atoms. The van der Waals surface area contributed by atoms with Crippen molar-refractivity contribution < 1.29 is 9.53 Å². The van der Waals surface area contributed by atoms with Crippen LogP contribution >= 0.6 is 22.9 Å². The number of methoxy groups -OCH3 is 1. The number of ether oxygens (including phenoxy) is 1. The van der Waals surface area contributed by atoms with Gasteiger partial charge >= 0.3 is 5.97 Å². The van der Waals surface area contributed by atoms with Gasteiger partial charge in [0, 0.05) is 22.3 Å². The maximum absolute atomic E-state index is 11.4. The van der Waals surface area contributed by atoms with Gasteiger partial charge in [-0.3, -0.25) is 4.99 Å². The normalized spacial score (nSPS) is 13.4. The van der Waals surface area contributed by atoms with Gasteiger partial charge in [-0.2, -0.15) is 0 Å². The van der Waals surface area contributed by atoms with E-state index in [2.05, 4.69) is 20.0 Å². The van der Waals surface area contributed by atoms with E-state index in [4.69, 9.17) is 11.6 Å². The summed E-state index contributed by atoms with van der Waals surface area (Å²) in [6.45, 7) is 4.18. The maximum atomic E-state index is 11.4. The first-order valence-electron chi connectivity index (χ1n) is 7.23. The van der Waals surface area contributed by atoms with Gasteiger partial charge in [0.25, 0.3) is 0 Å². The number of thiazole rings is 1. The zero-order chi connectivity index (χ0) is 17.5. The molecule has 1 aromatic carbocycles. The molecule has 126 valence electrons. The summed E-state index contributed by atoms with van der Waals surface area (Å²) < 4.78 is 4.67. The van der Waals surface area contributed by atoms with Crippen LogP contribution in [0.3, 0.4) is 0 Å². The number of aryl methyl sites for hydroxylation is 1. The minimum atomic E-state index is -0.341. The number of carbonyl (C=O) groups excluding carboxylic acids is 1. The number of benzene rings is 1. The van der Waals surface area contributed by atoms with E-state index in [-0.39, 0.29) is 5.97 Å². The van der Waals surface area contributed by atoms with Crippen molar-refractivity contribution in [3.05, 3.63) is 62.7 Å². The van der Waals surface area contributed by atoms with E-state index in [9.17, 15) is 4.79 Å². The number of nitrogens with one attached hydrogen (secondary N) is 1. The Bertz CT molecular complexity index is 753. The van der Waals surface area contributed by atoms with Gasteiger partial charge in [-0.25, -0.2) is 9.78 Å². The first-order chi connectivity index (χ1) is 11.5. The smallest absolute Gasteiger partial charge is 0.337 e. The number of aromatic nitrogens is 1. The molecule has 5 nitrogen and oxygen atoms in total. The van der Waals surface area contributed by atoms with Crippen molar-refractivity contribution >= 4 is 34.7 Å². The van der Waals surface area contributed by atoms with Crippen LogP contribution in [0.5, 0.6) is 0 Å². The van der Waals surface area contributed by atoms with Crippen LogP contribution in [0.4, 0.5) is 0 Å². The molecule has 1 aliphatic heterocycles. The summed E-state index contributed by atoms with van der Waals surface area (Å²) >= 11 is 7.15. The molecule has 0 atom stereocenters. The summed E-state index contributed by atoms with van der Waals surface area (Å²) in [5.74, 6) is 0.368. The van der Waals surface area contributed by atoms with Crippen molar-refractivity contribution in [3.8, 4) is 0 Å². The number of esters is 1. The number of allylic oxidation sites excluding steroid dienone is 1. The number of hydrogen-bond donors (Lipinski definition) is 1. The van der Waals surface area contributed by atoms with Crippen LogP contribution in [0.25, 0.3) is 0 Å². The fraction of sp³-hybridized carbons (Fsp3) is 0.235. The molecule has 1 aromatic heterocycles. The second-order valence-corrected chi connectivity index (χ2v) is 6.35.